The Labute approximate surface area is 86.7 Å². The lowest BCUT2D eigenvalue weighted by Gasteiger charge is -2.15. The Morgan fingerprint density at radius 1 is 1.43 bits per heavy atom. The predicted molar refractivity (Wildman–Crippen MR) is 59.2 cm³/mol. The summed E-state index contributed by atoms with van der Waals surface area (Å²) < 4.78 is 5.33. The molecule has 1 aromatic rings. The van der Waals surface area contributed by atoms with Gasteiger partial charge in [0.1, 0.15) is 5.76 Å². The average Bonchev–Trinajstić information content (AvgIpc) is 2.67. The summed E-state index contributed by atoms with van der Waals surface area (Å²) in [5.41, 5.74) is 0. The van der Waals surface area contributed by atoms with Gasteiger partial charge in [-0.25, -0.2) is 0 Å². The van der Waals surface area contributed by atoms with Crippen molar-refractivity contribution in [3.63, 3.8) is 0 Å². The first kappa shape index (κ1) is 11.3. The summed E-state index contributed by atoms with van der Waals surface area (Å²) in [6.07, 6.45) is 4.28. The van der Waals surface area contributed by atoms with E-state index < -0.39 is 0 Å². The molecule has 2 atom stereocenters. The van der Waals surface area contributed by atoms with Crippen molar-refractivity contribution in [3.05, 3.63) is 24.2 Å². The van der Waals surface area contributed by atoms with Crippen molar-refractivity contribution in [2.24, 2.45) is 5.92 Å². The van der Waals surface area contributed by atoms with Crippen LogP contribution in [0.2, 0.25) is 0 Å². The molecule has 0 saturated carbocycles. The lowest BCUT2D eigenvalue weighted by Crippen LogP contribution is -2.24. The highest BCUT2D eigenvalue weighted by Crippen LogP contribution is 2.13. The largest absolute Gasteiger partial charge is 0.468 e. The van der Waals surface area contributed by atoms with Crippen molar-refractivity contribution in [1.29, 1.82) is 0 Å². The lowest BCUT2D eigenvalue weighted by atomic mass is 10.1. The minimum absolute atomic E-state index is 0.323. The van der Waals surface area contributed by atoms with Crippen LogP contribution in [0.15, 0.2) is 22.8 Å². The molecule has 2 heteroatoms. The third-order valence-electron chi connectivity index (χ3n) is 2.52. The molecule has 0 spiro atoms. The van der Waals surface area contributed by atoms with Crippen molar-refractivity contribution in [3.8, 4) is 0 Å². The molecule has 0 fully saturated rings. The highest BCUT2D eigenvalue weighted by Gasteiger charge is 2.08. The molecule has 14 heavy (non-hydrogen) atoms. The van der Waals surface area contributed by atoms with Gasteiger partial charge in [-0.2, -0.15) is 0 Å². The van der Waals surface area contributed by atoms with Gasteiger partial charge >= 0.3 is 0 Å². The number of furan rings is 1. The van der Waals surface area contributed by atoms with Crippen LogP contribution in [0.25, 0.3) is 0 Å². The molecule has 0 aliphatic carbocycles. The van der Waals surface area contributed by atoms with Gasteiger partial charge in [-0.1, -0.05) is 20.3 Å². The second-order valence-electron chi connectivity index (χ2n) is 4.04. The summed E-state index contributed by atoms with van der Waals surface area (Å²) in [6, 6.07) is 4.27. The predicted octanol–water partition coefficient (Wildman–Crippen LogP) is 3.37. The fraction of sp³-hybridized carbons (Fsp3) is 0.667. The van der Waals surface area contributed by atoms with Gasteiger partial charge in [-0.15, -0.1) is 0 Å². The third-order valence-corrected chi connectivity index (χ3v) is 2.52. The van der Waals surface area contributed by atoms with Gasteiger partial charge in [0.2, 0.25) is 0 Å². The summed E-state index contributed by atoms with van der Waals surface area (Å²) in [7, 11) is 0. The fourth-order valence-electron chi connectivity index (χ4n) is 1.61. The highest BCUT2D eigenvalue weighted by molar-refractivity contribution is 5.02. The van der Waals surface area contributed by atoms with Gasteiger partial charge in [-0.05, 0) is 37.9 Å². The number of hydrogen-bond donors (Lipinski definition) is 1. The molecule has 1 rings (SSSR count). The zero-order valence-electron chi connectivity index (χ0n) is 9.42. The molecule has 0 radical (unpaired) electrons. The molecule has 1 unspecified atom stereocenters. The van der Waals surface area contributed by atoms with Crippen molar-refractivity contribution in [2.75, 3.05) is 6.54 Å². The van der Waals surface area contributed by atoms with Gasteiger partial charge in [0.15, 0.2) is 0 Å². The van der Waals surface area contributed by atoms with Crippen molar-refractivity contribution in [1.82, 2.24) is 5.32 Å². The van der Waals surface area contributed by atoms with E-state index in [2.05, 4.69) is 26.1 Å². The van der Waals surface area contributed by atoms with Gasteiger partial charge in [0.05, 0.1) is 12.3 Å². The standard InChI is InChI=1S/C12H21NO/c1-4-6-10(2)9-13-11(3)12-7-5-8-14-12/h5,7-8,10-11,13H,4,6,9H2,1-3H3/t10?,11-/m1/s1. The van der Waals surface area contributed by atoms with Gasteiger partial charge in [-0.3, -0.25) is 0 Å². The average molecular weight is 195 g/mol. The van der Waals surface area contributed by atoms with Gasteiger partial charge in [0, 0.05) is 0 Å². The van der Waals surface area contributed by atoms with E-state index in [1.807, 2.05) is 12.1 Å². The van der Waals surface area contributed by atoms with E-state index in [0.717, 1.165) is 18.2 Å². The van der Waals surface area contributed by atoms with Crippen molar-refractivity contribution >= 4 is 0 Å². The smallest absolute Gasteiger partial charge is 0.120 e. The second-order valence-corrected chi connectivity index (χ2v) is 4.04. The quantitative estimate of drug-likeness (QED) is 0.753. The topological polar surface area (TPSA) is 25.2 Å². The van der Waals surface area contributed by atoms with Crippen LogP contribution in [0, 0.1) is 5.92 Å². The molecule has 0 aromatic carbocycles. The summed E-state index contributed by atoms with van der Waals surface area (Å²) in [5.74, 6) is 1.77. The molecule has 0 aliphatic heterocycles. The Hall–Kier alpha value is -0.760. The van der Waals surface area contributed by atoms with Crippen LogP contribution in [0.3, 0.4) is 0 Å². The Kier molecular flexibility index (Phi) is 4.74. The van der Waals surface area contributed by atoms with Crippen molar-refractivity contribution < 1.29 is 4.42 Å². The van der Waals surface area contributed by atoms with Crippen LogP contribution >= 0.6 is 0 Å². The first-order valence-corrected chi connectivity index (χ1v) is 5.50. The molecule has 2 nitrogen and oxygen atoms in total. The van der Waals surface area contributed by atoms with Crippen LogP contribution in [0.1, 0.15) is 45.4 Å². The Balaban J connectivity index is 2.24. The molecular formula is C12H21NO. The number of rotatable bonds is 6. The number of hydrogen-bond acceptors (Lipinski definition) is 2. The maximum atomic E-state index is 5.33. The molecular weight excluding hydrogens is 174 g/mol. The number of nitrogens with one attached hydrogen (secondary N) is 1. The van der Waals surface area contributed by atoms with Crippen LogP contribution in [0.4, 0.5) is 0 Å². The second kappa shape index (κ2) is 5.86. The lowest BCUT2D eigenvalue weighted by molar-refractivity contribution is 0.393. The summed E-state index contributed by atoms with van der Waals surface area (Å²) in [6.45, 7) is 7.71. The minimum Gasteiger partial charge on any atom is -0.468 e. The summed E-state index contributed by atoms with van der Waals surface area (Å²) >= 11 is 0. The van der Waals surface area contributed by atoms with Crippen LogP contribution in [0.5, 0.6) is 0 Å². The molecule has 1 N–H and O–H groups in total. The zero-order valence-corrected chi connectivity index (χ0v) is 9.42. The summed E-state index contributed by atoms with van der Waals surface area (Å²) in [4.78, 5) is 0. The van der Waals surface area contributed by atoms with E-state index in [1.165, 1.54) is 12.8 Å². The van der Waals surface area contributed by atoms with Crippen LogP contribution < -0.4 is 5.32 Å². The van der Waals surface area contributed by atoms with E-state index in [4.69, 9.17) is 4.42 Å². The van der Waals surface area contributed by atoms with Crippen molar-refractivity contribution in [2.45, 2.75) is 39.7 Å². The van der Waals surface area contributed by atoms with E-state index in [1.54, 1.807) is 6.26 Å². The summed E-state index contributed by atoms with van der Waals surface area (Å²) in [5, 5.41) is 3.48. The Bertz CT molecular complexity index is 230. The molecule has 0 amide bonds. The SMILES string of the molecule is CCCC(C)CN[C@H](C)c1ccco1. The van der Waals surface area contributed by atoms with E-state index in [0.29, 0.717) is 6.04 Å². The molecule has 1 heterocycles. The van der Waals surface area contributed by atoms with Gasteiger partial charge in [0.25, 0.3) is 0 Å². The maximum absolute atomic E-state index is 5.33. The van der Waals surface area contributed by atoms with E-state index >= 15 is 0 Å². The van der Waals surface area contributed by atoms with Crippen LogP contribution in [-0.2, 0) is 0 Å². The fourth-order valence-corrected chi connectivity index (χ4v) is 1.61. The minimum atomic E-state index is 0.323. The van der Waals surface area contributed by atoms with Gasteiger partial charge < -0.3 is 9.73 Å². The Morgan fingerprint density at radius 3 is 2.79 bits per heavy atom. The first-order chi connectivity index (χ1) is 6.74. The monoisotopic (exact) mass is 195 g/mol. The molecule has 0 aliphatic rings. The molecule has 0 saturated heterocycles. The van der Waals surface area contributed by atoms with E-state index in [-0.39, 0.29) is 0 Å². The third kappa shape index (κ3) is 3.54. The maximum Gasteiger partial charge on any atom is 0.120 e. The van der Waals surface area contributed by atoms with Crippen LogP contribution in [-0.4, -0.2) is 6.54 Å². The normalized spacial score (nSPS) is 15.4. The molecule has 1 aromatic heterocycles. The Morgan fingerprint density at radius 2 is 2.21 bits per heavy atom. The first-order valence-electron chi connectivity index (χ1n) is 5.50. The molecule has 80 valence electrons. The van der Waals surface area contributed by atoms with E-state index in [9.17, 15) is 0 Å². The highest BCUT2D eigenvalue weighted by atomic mass is 16.3. The zero-order chi connectivity index (χ0) is 10.4. The molecule has 0 bridgehead atoms.